The number of aromatic hydroxyl groups is 1. The molecule has 0 amide bonds. The first-order chi connectivity index (χ1) is 12.2. The van der Waals surface area contributed by atoms with Crippen LogP contribution in [0.25, 0.3) is 0 Å². The van der Waals surface area contributed by atoms with Gasteiger partial charge >= 0.3 is 0 Å². The third-order valence-corrected chi connectivity index (χ3v) is 3.12. The highest BCUT2D eigenvalue weighted by Crippen LogP contribution is 2.28. The lowest BCUT2D eigenvalue weighted by Crippen LogP contribution is -2.35. The van der Waals surface area contributed by atoms with E-state index in [-0.39, 0.29) is 17.1 Å². The first-order valence-electron chi connectivity index (χ1n) is 8.37. The van der Waals surface area contributed by atoms with Crippen LogP contribution in [0.15, 0.2) is 64.2 Å². The van der Waals surface area contributed by atoms with Crippen LogP contribution in [-0.4, -0.2) is 5.11 Å². The number of hydrogen-bond acceptors (Lipinski definition) is 5. The average Bonchev–Trinajstić information content (AvgIpc) is 2.69. The summed E-state index contributed by atoms with van der Waals surface area (Å²) in [7, 11) is 0. The molecule has 0 aliphatic carbocycles. The molecule has 3 N–H and O–H groups in total. The summed E-state index contributed by atoms with van der Waals surface area (Å²) in [4.78, 5) is 23.4. The van der Waals surface area contributed by atoms with Crippen molar-refractivity contribution in [1.29, 1.82) is 0 Å². The molecule has 3 aromatic rings. The maximum atomic E-state index is 11.7. The van der Waals surface area contributed by atoms with E-state index in [2.05, 4.69) is 10.6 Å². The largest absolute Gasteiger partial charge is 0.506 e. The topological polar surface area (TPSA) is 78.4 Å². The molecule has 0 unspecified atom stereocenters. The molecule has 5 nitrogen and oxygen atoms in total. The predicted octanol–water partition coefficient (Wildman–Crippen LogP) is 4.53. The third-order valence-electron chi connectivity index (χ3n) is 3.12. The van der Waals surface area contributed by atoms with Crippen molar-refractivity contribution in [3.8, 4) is 5.75 Å². The van der Waals surface area contributed by atoms with Gasteiger partial charge in [0.25, 0.3) is 10.9 Å². The normalized spacial score (nSPS) is 9.28. The second kappa shape index (κ2) is 9.93. The van der Waals surface area contributed by atoms with E-state index in [1.807, 2.05) is 45.9 Å². The number of phenols is 1. The minimum absolute atomic E-state index is 0.0104. The van der Waals surface area contributed by atoms with Crippen LogP contribution >= 0.6 is 0 Å². The van der Waals surface area contributed by atoms with Crippen molar-refractivity contribution < 1.29 is 5.11 Å². The Balaban J connectivity index is 0.000000730. The number of anilines is 4. The first kappa shape index (κ1) is 20.0. The van der Waals surface area contributed by atoms with Crippen molar-refractivity contribution in [2.75, 3.05) is 10.6 Å². The van der Waals surface area contributed by atoms with E-state index in [9.17, 15) is 14.7 Å². The Morgan fingerprint density at radius 3 is 1.72 bits per heavy atom. The molecule has 0 aromatic heterocycles. The van der Waals surface area contributed by atoms with E-state index in [1.165, 1.54) is 6.07 Å². The van der Waals surface area contributed by atoms with E-state index in [0.29, 0.717) is 11.4 Å². The van der Waals surface area contributed by atoms with Gasteiger partial charge < -0.3 is 15.7 Å². The fourth-order valence-corrected chi connectivity index (χ4v) is 2.01. The zero-order valence-electron chi connectivity index (χ0n) is 15.0. The minimum atomic E-state index is -0.600. The zero-order valence-corrected chi connectivity index (χ0v) is 15.0. The molecule has 0 bridgehead atoms. The van der Waals surface area contributed by atoms with E-state index in [1.54, 1.807) is 30.3 Å². The molecule has 0 fully saturated rings. The summed E-state index contributed by atoms with van der Waals surface area (Å²) in [5.74, 6) is 0.0104. The minimum Gasteiger partial charge on any atom is -0.506 e. The molecule has 0 aliphatic rings. The summed E-state index contributed by atoms with van der Waals surface area (Å²) in [6, 6.07) is 15.6. The van der Waals surface area contributed by atoms with Gasteiger partial charge in [0.15, 0.2) is 0 Å². The monoisotopic (exact) mass is 340 g/mol. The van der Waals surface area contributed by atoms with Gasteiger partial charge in [-0.1, -0.05) is 58.0 Å². The lowest BCUT2D eigenvalue weighted by molar-refractivity contribution is 0.478. The maximum absolute atomic E-state index is 11.7. The molecule has 0 aliphatic heterocycles. The number of phenolic OH excluding ortho intramolecular Hbond substituents is 1. The highest BCUT2D eigenvalue weighted by molar-refractivity contribution is 5.83. The molecule has 0 radical (unpaired) electrons. The van der Waals surface area contributed by atoms with Crippen LogP contribution in [0, 0.1) is 0 Å². The highest BCUT2D eigenvalue weighted by Gasteiger charge is 2.21. The van der Waals surface area contributed by atoms with E-state index < -0.39 is 10.9 Å². The molecule has 0 atom stereocenters. The van der Waals surface area contributed by atoms with Gasteiger partial charge in [0.05, 0.1) is 5.69 Å². The van der Waals surface area contributed by atoms with Gasteiger partial charge in [-0.15, -0.1) is 0 Å². The zero-order chi connectivity index (χ0) is 18.8. The van der Waals surface area contributed by atoms with E-state index in [0.717, 1.165) is 0 Å². The van der Waals surface area contributed by atoms with Crippen molar-refractivity contribution >= 4 is 22.7 Å². The summed E-state index contributed by atoms with van der Waals surface area (Å²) in [6.45, 7) is 8.00. The van der Waals surface area contributed by atoms with Crippen LogP contribution in [0.5, 0.6) is 5.75 Å². The first-order valence-corrected chi connectivity index (χ1v) is 8.37. The fraction of sp³-hybridized carbons (Fsp3) is 0.200. The molecule has 5 heteroatoms. The summed E-state index contributed by atoms with van der Waals surface area (Å²) in [5, 5.41) is 15.4. The van der Waals surface area contributed by atoms with Gasteiger partial charge in [0.2, 0.25) is 0 Å². The van der Waals surface area contributed by atoms with Gasteiger partial charge in [0.1, 0.15) is 17.1 Å². The van der Waals surface area contributed by atoms with E-state index >= 15 is 0 Å². The lowest BCUT2D eigenvalue weighted by atomic mass is 10.1. The van der Waals surface area contributed by atoms with Gasteiger partial charge in [-0.25, -0.2) is 0 Å². The molecular formula is C20H24N2O3. The van der Waals surface area contributed by atoms with Crippen molar-refractivity contribution in [2.45, 2.75) is 27.7 Å². The molecular weight excluding hydrogens is 316 g/mol. The van der Waals surface area contributed by atoms with Gasteiger partial charge in [-0.05, 0) is 24.3 Å². The molecule has 0 saturated carbocycles. The molecule has 0 spiro atoms. The Bertz CT molecular complexity index is 851. The Labute approximate surface area is 147 Å². The summed E-state index contributed by atoms with van der Waals surface area (Å²) in [6.07, 6.45) is 0. The number of benzene rings is 2. The Kier molecular flexibility index (Phi) is 7.93. The van der Waals surface area contributed by atoms with Crippen LogP contribution in [0.4, 0.5) is 22.7 Å². The van der Waals surface area contributed by atoms with Crippen LogP contribution in [0.2, 0.25) is 0 Å². The van der Waals surface area contributed by atoms with Gasteiger partial charge in [-0.3, -0.25) is 9.59 Å². The Morgan fingerprint density at radius 1 is 0.680 bits per heavy atom. The molecule has 0 saturated heterocycles. The number of hydrogen-bond donors (Lipinski definition) is 3. The molecule has 132 valence electrons. The standard InChI is InChI=1S/C16H12N2O3.2C2H6/c19-12-9-5-4-8-11(12)18-14-13(15(20)16(14)21)17-10-6-2-1-3-7-10;2*1-2/h1-9,17-19H;2*1-2H3. The van der Waals surface area contributed by atoms with E-state index in [4.69, 9.17) is 0 Å². The Morgan fingerprint density at radius 2 is 1.16 bits per heavy atom. The fourth-order valence-electron chi connectivity index (χ4n) is 2.01. The SMILES string of the molecule is CC.CC.O=c1c(Nc2ccccc2)c(Nc2ccccc2O)c1=O. The molecule has 3 aromatic carbocycles. The van der Waals surface area contributed by atoms with Crippen LogP contribution < -0.4 is 21.5 Å². The third kappa shape index (κ3) is 4.70. The molecule has 25 heavy (non-hydrogen) atoms. The number of nitrogens with one attached hydrogen (secondary N) is 2. The van der Waals surface area contributed by atoms with Crippen molar-refractivity contribution in [1.82, 2.24) is 0 Å². The quantitative estimate of drug-likeness (QED) is 0.480. The lowest BCUT2D eigenvalue weighted by Gasteiger charge is -2.15. The second-order valence-electron chi connectivity index (χ2n) is 4.54. The maximum Gasteiger partial charge on any atom is 0.253 e. The van der Waals surface area contributed by atoms with Gasteiger partial charge in [-0.2, -0.15) is 0 Å². The summed E-state index contributed by atoms with van der Waals surface area (Å²) >= 11 is 0. The van der Waals surface area contributed by atoms with Crippen molar-refractivity contribution in [3.63, 3.8) is 0 Å². The number of rotatable bonds is 4. The second-order valence-corrected chi connectivity index (χ2v) is 4.54. The molecule has 0 heterocycles. The predicted molar refractivity (Wildman–Crippen MR) is 105 cm³/mol. The Hall–Kier alpha value is -3.08. The van der Waals surface area contributed by atoms with Gasteiger partial charge in [0, 0.05) is 5.69 Å². The summed E-state index contributed by atoms with van der Waals surface area (Å²) < 4.78 is 0. The number of para-hydroxylation sites is 3. The van der Waals surface area contributed by atoms with Crippen molar-refractivity contribution in [3.05, 3.63) is 75.0 Å². The highest BCUT2D eigenvalue weighted by atomic mass is 16.3. The average molecular weight is 340 g/mol. The van der Waals surface area contributed by atoms with Crippen LogP contribution in [0.3, 0.4) is 0 Å². The summed E-state index contributed by atoms with van der Waals surface area (Å²) in [5.41, 5.74) is 0.277. The van der Waals surface area contributed by atoms with Crippen molar-refractivity contribution in [2.24, 2.45) is 0 Å². The smallest absolute Gasteiger partial charge is 0.253 e. The van der Waals surface area contributed by atoms with Crippen LogP contribution in [-0.2, 0) is 0 Å². The van der Waals surface area contributed by atoms with Crippen LogP contribution in [0.1, 0.15) is 27.7 Å². The molecule has 3 rings (SSSR count).